The van der Waals surface area contributed by atoms with E-state index in [0.717, 1.165) is 31.6 Å². The third kappa shape index (κ3) is 7.44. The predicted octanol–water partition coefficient (Wildman–Crippen LogP) is 3.23. The quantitative estimate of drug-likeness (QED) is 0.347. The van der Waals surface area contributed by atoms with Gasteiger partial charge in [-0.2, -0.15) is 0 Å². The Bertz CT molecular complexity index is 309. The van der Waals surface area contributed by atoms with Gasteiger partial charge in [-0.25, -0.2) is 4.79 Å². The van der Waals surface area contributed by atoms with Crippen LogP contribution in [0, 0.1) is 11.8 Å². The van der Waals surface area contributed by atoms with Gasteiger partial charge in [0, 0.05) is 12.5 Å². The lowest BCUT2D eigenvalue weighted by Crippen LogP contribution is -2.24. The summed E-state index contributed by atoms with van der Waals surface area (Å²) in [6, 6.07) is 0. The van der Waals surface area contributed by atoms with E-state index >= 15 is 0 Å². The van der Waals surface area contributed by atoms with Crippen LogP contribution in [0.5, 0.6) is 0 Å². The number of carbonyl (C=O) groups excluding carboxylic acids is 2. The van der Waals surface area contributed by atoms with E-state index in [4.69, 9.17) is 9.47 Å². The molecule has 0 aromatic rings. The zero-order chi connectivity index (χ0) is 14.7. The fourth-order valence-electron chi connectivity index (χ4n) is 2.07. The SMILES string of the molecule is C=COC(=O)CC(CCC)C(CC)COC(=O)C=C. The van der Waals surface area contributed by atoms with E-state index in [1.165, 1.54) is 0 Å². The molecule has 0 saturated heterocycles. The highest BCUT2D eigenvalue weighted by molar-refractivity contribution is 5.81. The van der Waals surface area contributed by atoms with Crippen molar-refractivity contribution < 1.29 is 19.1 Å². The Morgan fingerprint density at radius 3 is 2.37 bits per heavy atom. The molecule has 0 rings (SSSR count). The zero-order valence-corrected chi connectivity index (χ0v) is 11.9. The second kappa shape index (κ2) is 10.4. The number of carbonyl (C=O) groups is 2. The first-order valence-corrected chi connectivity index (χ1v) is 6.68. The summed E-state index contributed by atoms with van der Waals surface area (Å²) in [4.78, 5) is 22.6. The summed E-state index contributed by atoms with van der Waals surface area (Å²) in [5.74, 6) is -0.411. The van der Waals surface area contributed by atoms with Crippen molar-refractivity contribution in [3.8, 4) is 0 Å². The van der Waals surface area contributed by atoms with Crippen LogP contribution in [0.1, 0.15) is 39.5 Å². The number of hydrogen-bond acceptors (Lipinski definition) is 4. The minimum atomic E-state index is -0.428. The van der Waals surface area contributed by atoms with Gasteiger partial charge in [0.1, 0.15) is 0 Å². The predicted molar refractivity (Wildman–Crippen MR) is 74.2 cm³/mol. The van der Waals surface area contributed by atoms with E-state index in [9.17, 15) is 9.59 Å². The van der Waals surface area contributed by atoms with Crippen LogP contribution in [0.2, 0.25) is 0 Å². The average molecular weight is 268 g/mol. The molecule has 0 amide bonds. The summed E-state index contributed by atoms with van der Waals surface area (Å²) >= 11 is 0. The summed E-state index contributed by atoms with van der Waals surface area (Å²) in [5, 5.41) is 0. The van der Waals surface area contributed by atoms with Gasteiger partial charge in [-0.1, -0.05) is 33.4 Å². The lowest BCUT2D eigenvalue weighted by atomic mass is 9.84. The molecule has 0 aromatic heterocycles. The van der Waals surface area contributed by atoms with Gasteiger partial charge < -0.3 is 9.47 Å². The van der Waals surface area contributed by atoms with Crippen molar-refractivity contribution in [1.29, 1.82) is 0 Å². The third-order valence-corrected chi connectivity index (χ3v) is 3.10. The number of esters is 2. The van der Waals surface area contributed by atoms with Crippen molar-refractivity contribution in [2.24, 2.45) is 11.8 Å². The van der Waals surface area contributed by atoms with Crippen molar-refractivity contribution in [2.45, 2.75) is 39.5 Å². The zero-order valence-electron chi connectivity index (χ0n) is 11.9. The molecule has 0 aromatic carbocycles. The van der Waals surface area contributed by atoms with Crippen LogP contribution in [0.4, 0.5) is 0 Å². The molecule has 0 bridgehead atoms. The molecule has 0 aliphatic rings. The largest absolute Gasteiger partial charge is 0.462 e. The summed E-state index contributed by atoms with van der Waals surface area (Å²) in [6.07, 6.45) is 5.33. The minimum absolute atomic E-state index is 0.153. The standard InChI is InChI=1S/C15H24O4/c1-5-9-13(10-15(17)18-8-4)12(6-2)11-19-14(16)7-3/h7-8,12-13H,3-6,9-11H2,1-2H3. The number of ether oxygens (including phenoxy) is 2. The second-order valence-electron chi connectivity index (χ2n) is 4.41. The highest BCUT2D eigenvalue weighted by Gasteiger charge is 2.23. The monoisotopic (exact) mass is 268 g/mol. The van der Waals surface area contributed by atoms with Crippen molar-refractivity contribution in [3.63, 3.8) is 0 Å². The Morgan fingerprint density at radius 2 is 1.89 bits per heavy atom. The van der Waals surface area contributed by atoms with Crippen LogP contribution >= 0.6 is 0 Å². The normalized spacial score (nSPS) is 13.2. The Labute approximate surface area is 115 Å². The first-order chi connectivity index (χ1) is 9.08. The van der Waals surface area contributed by atoms with Crippen LogP contribution in [-0.4, -0.2) is 18.5 Å². The number of rotatable bonds is 10. The molecular weight excluding hydrogens is 244 g/mol. The van der Waals surface area contributed by atoms with E-state index in [2.05, 4.69) is 20.1 Å². The average Bonchev–Trinajstić information content (AvgIpc) is 2.39. The molecule has 0 N–H and O–H groups in total. The Kier molecular flexibility index (Phi) is 9.49. The molecule has 4 heteroatoms. The molecule has 4 nitrogen and oxygen atoms in total. The molecule has 0 heterocycles. The van der Waals surface area contributed by atoms with Gasteiger partial charge in [0.2, 0.25) is 0 Å². The van der Waals surface area contributed by atoms with Crippen LogP contribution < -0.4 is 0 Å². The van der Waals surface area contributed by atoms with Crippen molar-refractivity contribution in [3.05, 3.63) is 25.5 Å². The van der Waals surface area contributed by atoms with E-state index in [1.54, 1.807) is 0 Å². The van der Waals surface area contributed by atoms with Gasteiger partial charge in [0.05, 0.1) is 12.9 Å². The molecule has 108 valence electrons. The van der Waals surface area contributed by atoms with Crippen molar-refractivity contribution in [1.82, 2.24) is 0 Å². The molecule has 0 spiro atoms. The summed E-state index contributed by atoms with van der Waals surface area (Å²) in [6.45, 7) is 11.1. The van der Waals surface area contributed by atoms with Gasteiger partial charge in [-0.15, -0.1) is 0 Å². The number of hydrogen-bond donors (Lipinski definition) is 0. The molecule has 19 heavy (non-hydrogen) atoms. The van der Waals surface area contributed by atoms with Gasteiger partial charge in [0.15, 0.2) is 0 Å². The maximum Gasteiger partial charge on any atom is 0.330 e. The topological polar surface area (TPSA) is 52.6 Å². The lowest BCUT2D eigenvalue weighted by Gasteiger charge is -2.24. The van der Waals surface area contributed by atoms with E-state index in [1.807, 2.05) is 6.92 Å². The molecule has 0 saturated carbocycles. The molecule has 2 atom stereocenters. The molecule has 2 unspecified atom stereocenters. The summed E-state index contributed by atoms with van der Waals surface area (Å²) < 4.78 is 9.84. The van der Waals surface area contributed by atoms with Crippen LogP contribution in [0.15, 0.2) is 25.5 Å². The fourth-order valence-corrected chi connectivity index (χ4v) is 2.07. The minimum Gasteiger partial charge on any atom is -0.462 e. The third-order valence-electron chi connectivity index (χ3n) is 3.10. The molecule has 0 aliphatic heterocycles. The van der Waals surface area contributed by atoms with Gasteiger partial charge >= 0.3 is 11.9 Å². The Morgan fingerprint density at radius 1 is 1.21 bits per heavy atom. The summed E-state index contributed by atoms with van der Waals surface area (Å²) in [7, 11) is 0. The lowest BCUT2D eigenvalue weighted by molar-refractivity contribution is -0.141. The van der Waals surface area contributed by atoms with E-state index in [-0.39, 0.29) is 17.8 Å². The van der Waals surface area contributed by atoms with Crippen LogP contribution in [-0.2, 0) is 19.1 Å². The van der Waals surface area contributed by atoms with Crippen LogP contribution in [0.25, 0.3) is 0 Å². The van der Waals surface area contributed by atoms with Gasteiger partial charge in [-0.05, 0) is 24.7 Å². The Balaban J connectivity index is 4.51. The highest BCUT2D eigenvalue weighted by Crippen LogP contribution is 2.25. The van der Waals surface area contributed by atoms with Crippen molar-refractivity contribution in [2.75, 3.05) is 6.61 Å². The van der Waals surface area contributed by atoms with Gasteiger partial charge in [0.25, 0.3) is 0 Å². The van der Waals surface area contributed by atoms with Gasteiger partial charge in [-0.3, -0.25) is 4.79 Å². The second-order valence-corrected chi connectivity index (χ2v) is 4.41. The first-order valence-electron chi connectivity index (χ1n) is 6.68. The first kappa shape index (κ1) is 17.4. The smallest absolute Gasteiger partial charge is 0.330 e. The fraction of sp³-hybridized carbons (Fsp3) is 0.600. The summed E-state index contributed by atoms with van der Waals surface area (Å²) in [5.41, 5.74) is 0. The van der Waals surface area contributed by atoms with Crippen LogP contribution in [0.3, 0.4) is 0 Å². The molecule has 0 aliphatic carbocycles. The molecule has 0 fully saturated rings. The van der Waals surface area contributed by atoms with E-state index in [0.29, 0.717) is 13.0 Å². The van der Waals surface area contributed by atoms with Crippen molar-refractivity contribution >= 4 is 11.9 Å². The highest BCUT2D eigenvalue weighted by atomic mass is 16.5. The maximum absolute atomic E-state index is 11.5. The maximum atomic E-state index is 11.5. The molecular formula is C15H24O4. The molecule has 0 radical (unpaired) electrons. The Hall–Kier alpha value is -1.58. The van der Waals surface area contributed by atoms with E-state index < -0.39 is 5.97 Å².